The van der Waals surface area contributed by atoms with Crippen molar-refractivity contribution in [2.75, 3.05) is 5.32 Å². The minimum absolute atomic E-state index is 0.0262. The molecule has 1 N–H and O–H groups in total. The van der Waals surface area contributed by atoms with Crippen molar-refractivity contribution in [3.05, 3.63) is 29.8 Å². The number of Topliss-reactive ketones (excluding diaryl/α,β-unsaturated/α-hetero) is 1. The van der Waals surface area contributed by atoms with Crippen LogP contribution in [0.2, 0.25) is 0 Å². The van der Waals surface area contributed by atoms with Crippen LogP contribution in [0.15, 0.2) is 24.3 Å². The normalized spacial score (nSPS) is 10.4. The van der Waals surface area contributed by atoms with Crippen LogP contribution in [0, 0.1) is 5.92 Å². The third kappa shape index (κ3) is 4.70. The molecule has 1 rings (SSSR count). The second kappa shape index (κ2) is 6.94. The molecule has 0 aliphatic heterocycles. The van der Waals surface area contributed by atoms with Gasteiger partial charge in [0.05, 0.1) is 0 Å². The molecule has 0 heterocycles. The van der Waals surface area contributed by atoms with Crippen molar-refractivity contribution >= 4 is 17.4 Å². The average Bonchev–Trinajstić information content (AvgIpc) is 2.36. The van der Waals surface area contributed by atoms with Crippen molar-refractivity contribution < 1.29 is 9.59 Å². The molecule has 0 saturated heterocycles. The molecule has 0 spiro atoms. The summed E-state index contributed by atoms with van der Waals surface area (Å²) in [6, 6.07) is 7.06. The molecule has 0 unspecified atom stereocenters. The van der Waals surface area contributed by atoms with E-state index < -0.39 is 0 Å². The number of rotatable bonds is 6. The van der Waals surface area contributed by atoms with Crippen LogP contribution in [0.5, 0.6) is 0 Å². The van der Waals surface area contributed by atoms with Gasteiger partial charge in [0.2, 0.25) is 5.91 Å². The Morgan fingerprint density at radius 1 is 1.17 bits per heavy atom. The highest BCUT2D eigenvalue weighted by atomic mass is 16.1. The average molecular weight is 247 g/mol. The number of hydrogen-bond acceptors (Lipinski definition) is 2. The van der Waals surface area contributed by atoms with Gasteiger partial charge >= 0.3 is 0 Å². The van der Waals surface area contributed by atoms with Crippen molar-refractivity contribution in [2.45, 2.75) is 40.0 Å². The first kappa shape index (κ1) is 14.4. The second-order valence-electron chi connectivity index (χ2n) is 4.83. The zero-order chi connectivity index (χ0) is 13.5. The summed E-state index contributed by atoms with van der Waals surface area (Å²) in [7, 11) is 0. The van der Waals surface area contributed by atoms with Crippen LogP contribution < -0.4 is 5.32 Å². The van der Waals surface area contributed by atoms with Gasteiger partial charge in [0, 0.05) is 24.1 Å². The van der Waals surface area contributed by atoms with Gasteiger partial charge in [-0.15, -0.1) is 0 Å². The Bertz CT molecular complexity index is 407. The summed E-state index contributed by atoms with van der Waals surface area (Å²) in [5.41, 5.74) is 1.44. The van der Waals surface area contributed by atoms with E-state index in [1.807, 2.05) is 6.92 Å². The van der Waals surface area contributed by atoms with E-state index >= 15 is 0 Å². The van der Waals surface area contributed by atoms with Gasteiger partial charge in [-0.1, -0.05) is 20.8 Å². The molecule has 0 aliphatic carbocycles. The summed E-state index contributed by atoms with van der Waals surface area (Å²) in [6.07, 6.45) is 1.92. The predicted octanol–water partition coefficient (Wildman–Crippen LogP) is 3.65. The van der Waals surface area contributed by atoms with E-state index in [1.165, 1.54) is 0 Å². The minimum Gasteiger partial charge on any atom is -0.326 e. The molecule has 3 heteroatoms. The lowest BCUT2D eigenvalue weighted by atomic mass is 10.1. The third-order valence-electron chi connectivity index (χ3n) is 2.76. The number of benzene rings is 1. The first-order valence-corrected chi connectivity index (χ1v) is 6.46. The Morgan fingerprint density at radius 2 is 1.78 bits per heavy atom. The standard InChI is InChI=1S/C15H21NO2/c1-4-14(17)12-6-8-13(9-7-12)16-15(18)10-5-11(2)3/h6-9,11H,4-5,10H2,1-3H3,(H,16,18). The summed E-state index contributed by atoms with van der Waals surface area (Å²) < 4.78 is 0. The molecule has 0 atom stereocenters. The number of carbonyl (C=O) groups is 2. The molecule has 98 valence electrons. The van der Waals surface area contributed by atoms with Crippen LogP contribution in [0.1, 0.15) is 50.4 Å². The lowest BCUT2D eigenvalue weighted by Gasteiger charge is -2.07. The van der Waals surface area contributed by atoms with E-state index in [9.17, 15) is 9.59 Å². The van der Waals surface area contributed by atoms with Gasteiger partial charge in [-0.3, -0.25) is 9.59 Å². The molecule has 0 aliphatic rings. The fourth-order valence-electron chi connectivity index (χ4n) is 1.59. The van der Waals surface area contributed by atoms with E-state index in [0.29, 0.717) is 24.3 Å². The van der Waals surface area contributed by atoms with Gasteiger partial charge in [0.15, 0.2) is 5.78 Å². The topological polar surface area (TPSA) is 46.2 Å². The second-order valence-corrected chi connectivity index (χ2v) is 4.83. The minimum atomic E-state index is 0.0262. The maximum absolute atomic E-state index is 11.6. The van der Waals surface area contributed by atoms with Crippen LogP contribution in [0.4, 0.5) is 5.69 Å². The maximum Gasteiger partial charge on any atom is 0.224 e. The number of amides is 1. The van der Waals surface area contributed by atoms with E-state index in [4.69, 9.17) is 0 Å². The highest BCUT2D eigenvalue weighted by Gasteiger charge is 2.05. The molecular weight excluding hydrogens is 226 g/mol. The summed E-state index contributed by atoms with van der Waals surface area (Å²) in [5, 5.41) is 2.83. The molecule has 0 aromatic heterocycles. The zero-order valence-corrected chi connectivity index (χ0v) is 11.3. The van der Waals surface area contributed by atoms with Gasteiger partial charge in [0.25, 0.3) is 0 Å². The first-order chi connectivity index (χ1) is 8.52. The Morgan fingerprint density at radius 3 is 2.28 bits per heavy atom. The molecule has 0 saturated carbocycles. The number of carbonyl (C=O) groups excluding carboxylic acids is 2. The summed E-state index contributed by atoms with van der Waals surface area (Å²) in [6.45, 7) is 6.03. The van der Waals surface area contributed by atoms with Crippen molar-refractivity contribution in [3.8, 4) is 0 Å². The van der Waals surface area contributed by atoms with Gasteiger partial charge in [-0.2, -0.15) is 0 Å². The van der Waals surface area contributed by atoms with Crippen LogP contribution in [-0.2, 0) is 4.79 Å². The Kier molecular flexibility index (Phi) is 5.56. The number of anilines is 1. The molecule has 1 aromatic rings. The van der Waals surface area contributed by atoms with Gasteiger partial charge in [0.1, 0.15) is 0 Å². The molecule has 1 aromatic carbocycles. The summed E-state index contributed by atoms with van der Waals surface area (Å²) >= 11 is 0. The molecule has 1 amide bonds. The summed E-state index contributed by atoms with van der Waals surface area (Å²) in [5.74, 6) is 0.672. The predicted molar refractivity (Wildman–Crippen MR) is 73.8 cm³/mol. The molecule has 3 nitrogen and oxygen atoms in total. The molecule has 0 fully saturated rings. The Hall–Kier alpha value is -1.64. The fraction of sp³-hybridized carbons (Fsp3) is 0.467. The van der Waals surface area contributed by atoms with Crippen LogP contribution in [-0.4, -0.2) is 11.7 Å². The van der Waals surface area contributed by atoms with E-state index in [2.05, 4.69) is 19.2 Å². The third-order valence-corrected chi connectivity index (χ3v) is 2.76. The molecule has 18 heavy (non-hydrogen) atoms. The smallest absolute Gasteiger partial charge is 0.224 e. The Labute approximate surface area is 109 Å². The lowest BCUT2D eigenvalue weighted by Crippen LogP contribution is -2.12. The maximum atomic E-state index is 11.6. The monoisotopic (exact) mass is 247 g/mol. The first-order valence-electron chi connectivity index (χ1n) is 6.46. The largest absolute Gasteiger partial charge is 0.326 e. The summed E-state index contributed by atoms with van der Waals surface area (Å²) in [4.78, 5) is 23.1. The van der Waals surface area contributed by atoms with Gasteiger partial charge < -0.3 is 5.32 Å². The van der Waals surface area contributed by atoms with E-state index in [1.54, 1.807) is 24.3 Å². The van der Waals surface area contributed by atoms with Crippen molar-refractivity contribution in [3.63, 3.8) is 0 Å². The molecule has 0 radical (unpaired) electrons. The fourth-order valence-corrected chi connectivity index (χ4v) is 1.59. The zero-order valence-electron chi connectivity index (χ0n) is 11.3. The van der Waals surface area contributed by atoms with Crippen molar-refractivity contribution in [1.82, 2.24) is 0 Å². The van der Waals surface area contributed by atoms with Gasteiger partial charge in [-0.05, 0) is 36.6 Å². The van der Waals surface area contributed by atoms with Crippen molar-refractivity contribution in [2.24, 2.45) is 5.92 Å². The molecule has 0 bridgehead atoms. The molecular formula is C15H21NO2. The quantitative estimate of drug-likeness (QED) is 0.780. The number of hydrogen-bond donors (Lipinski definition) is 1. The van der Waals surface area contributed by atoms with Crippen LogP contribution >= 0.6 is 0 Å². The highest BCUT2D eigenvalue weighted by Crippen LogP contribution is 2.12. The van der Waals surface area contributed by atoms with Crippen LogP contribution in [0.3, 0.4) is 0 Å². The van der Waals surface area contributed by atoms with Gasteiger partial charge in [-0.25, -0.2) is 0 Å². The SMILES string of the molecule is CCC(=O)c1ccc(NC(=O)CCC(C)C)cc1. The van der Waals surface area contributed by atoms with E-state index in [0.717, 1.165) is 12.1 Å². The lowest BCUT2D eigenvalue weighted by molar-refractivity contribution is -0.116. The Balaban J connectivity index is 2.53. The van der Waals surface area contributed by atoms with Crippen LogP contribution in [0.25, 0.3) is 0 Å². The van der Waals surface area contributed by atoms with Crippen molar-refractivity contribution in [1.29, 1.82) is 0 Å². The highest BCUT2D eigenvalue weighted by molar-refractivity contribution is 5.97. The van der Waals surface area contributed by atoms with E-state index in [-0.39, 0.29) is 11.7 Å². The number of ketones is 1. The number of nitrogens with one attached hydrogen (secondary N) is 1.